The van der Waals surface area contributed by atoms with E-state index in [4.69, 9.17) is 9.47 Å². The van der Waals surface area contributed by atoms with E-state index < -0.39 is 11.8 Å². The number of hydrogen-bond donors (Lipinski definition) is 1. The molecule has 0 saturated carbocycles. The molecule has 0 saturated heterocycles. The minimum absolute atomic E-state index is 0.327. The predicted octanol–water partition coefficient (Wildman–Crippen LogP) is 5.15. The largest absolute Gasteiger partial charge is 0.477 e. The lowest BCUT2D eigenvalue weighted by Crippen LogP contribution is -2.44. The number of carbonyl (C=O) groups is 1. The molecule has 0 heterocycles. The Labute approximate surface area is 136 Å². The molecule has 0 aromatic heterocycles. The summed E-state index contributed by atoms with van der Waals surface area (Å²) in [6.45, 7) is 6.61. The van der Waals surface area contributed by atoms with Crippen LogP contribution in [-0.2, 0) is 14.3 Å². The maximum Gasteiger partial charge on any atom is 0.364 e. The highest BCUT2D eigenvalue weighted by Gasteiger charge is 2.38. The van der Waals surface area contributed by atoms with Gasteiger partial charge in [-0.25, -0.2) is 4.79 Å². The zero-order valence-corrected chi connectivity index (χ0v) is 14.9. The predicted molar refractivity (Wildman–Crippen MR) is 90.1 cm³/mol. The van der Waals surface area contributed by atoms with E-state index in [1.54, 1.807) is 13.8 Å². The average molecular weight is 316 g/mol. The van der Waals surface area contributed by atoms with Gasteiger partial charge in [-0.2, -0.15) is 0 Å². The van der Waals surface area contributed by atoms with Gasteiger partial charge in [-0.1, -0.05) is 71.6 Å². The van der Waals surface area contributed by atoms with Gasteiger partial charge in [0.2, 0.25) is 0 Å². The first kappa shape index (κ1) is 21.4. The average Bonchev–Trinajstić information content (AvgIpc) is 2.51. The van der Waals surface area contributed by atoms with Gasteiger partial charge in [-0.15, -0.1) is 0 Å². The van der Waals surface area contributed by atoms with E-state index in [0.29, 0.717) is 19.6 Å². The van der Waals surface area contributed by atoms with Crippen LogP contribution in [0.25, 0.3) is 0 Å². The van der Waals surface area contributed by atoms with Crippen molar-refractivity contribution in [3.63, 3.8) is 0 Å². The van der Waals surface area contributed by atoms with E-state index >= 15 is 0 Å². The molecule has 0 spiro atoms. The normalized spacial score (nSPS) is 14.0. The number of carboxylic acid groups (broad SMARTS) is 1. The molecule has 0 aromatic carbocycles. The first-order valence-electron chi connectivity index (χ1n) is 9.14. The fourth-order valence-corrected chi connectivity index (χ4v) is 2.58. The van der Waals surface area contributed by atoms with E-state index in [-0.39, 0.29) is 0 Å². The van der Waals surface area contributed by atoms with Crippen molar-refractivity contribution in [2.45, 2.75) is 97.2 Å². The monoisotopic (exact) mass is 316 g/mol. The van der Waals surface area contributed by atoms with Crippen LogP contribution in [-0.4, -0.2) is 30.1 Å². The van der Waals surface area contributed by atoms with Gasteiger partial charge >= 0.3 is 5.97 Å². The third-order valence-electron chi connectivity index (χ3n) is 4.00. The Morgan fingerprint density at radius 1 is 0.818 bits per heavy atom. The summed E-state index contributed by atoms with van der Waals surface area (Å²) < 4.78 is 10.8. The SMILES string of the molecule is CCCCCCCCCCCCOC(CC)(OCC)C(=O)O. The standard InChI is InChI=1S/C18H36O4/c1-4-7-8-9-10-11-12-13-14-15-16-22-18(5-2,17(19)20)21-6-3/h4-16H2,1-3H3,(H,19,20). The number of carboxylic acids is 1. The third-order valence-corrected chi connectivity index (χ3v) is 4.00. The van der Waals surface area contributed by atoms with Crippen molar-refractivity contribution < 1.29 is 19.4 Å². The molecule has 4 nitrogen and oxygen atoms in total. The molecule has 1 atom stereocenters. The Hall–Kier alpha value is -0.610. The quantitative estimate of drug-likeness (QED) is 0.316. The highest BCUT2D eigenvalue weighted by atomic mass is 16.7. The first-order chi connectivity index (χ1) is 10.6. The van der Waals surface area contributed by atoms with Crippen LogP contribution in [0.4, 0.5) is 0 Å². The second kappa shape index (κ2) is 14.0. The maximum atomic E-state index is 11.3. The Bertz CT molecular complexity index is 268. The lowest BCUT2D eigenvalue weighted by Gasteiger charge is -2.27. The Balaban J connectivity index is 3.60. The van der Waals surface area contributed by atoms with Gasteiger partial charge in [0, 0.05) is 13.0 Å². The maximum absolute atomic E-state index is 11.3. The zero-order valence-electron chi connectivity index (χ0n) is 14.9. The summed E-state index contributed by atoms with van der Waals surface area (Å²) in [4.78, 5) is 11.3. The molecule has 0 aromatic rings. The highest BCUT2D eigenvalue weighted by molar-refractivity contribution is 5.75. The van der Waals surface area contributed by atoms with Crippen LogP contribution in [0.2, 0.25) is 0 Å². The number of rotatable bonds is 16. The Kier molecular flexibility index (Phi) is 13.6. The lowest BCUT2D eigenvalue weighted by molar-refractivity contribution is -0.244. The smallest absolute Gasteiger partial charge is 0.364 e. The van der Waals surface area contributed by atoms with Crippen molar-refractivity contribution >= 4 is 5.97 Å². The summed E-state index contributed by atoms with van der Waals surface area (Å²) >= 11 is 0. The van der Waals surface area contributed by atoms with Crippen molar-refractivity contribution in [2.75, 3.05) is 13.2 Å². The minimum atomic E-state index is -1.45. The van der Waals surface area contributed by atoms with Crippen LogP contribution in [0.5, 0.6) is 0 Å². The van der Waals surface area contributed by atoms with Crippen LogP contribution in [0.3, 0.4) is 0 Å². The summed E-state index contributed by atoms with van der Waals surface area (Å²) in [6.07, 6.45) is 12.9. The first-order valence-corrected chi connectivity index (χ1v) is 9.14. The molecule has 0 amide bonds. The van der Waals surface area contributed by atoms with Gasteiger partial charge in [0.05, 0.1) is 6.61 Å². The van der Waals surface area contributed by atoms with Crippen molar-refractivity contribution in [1.82, 2.24) is 0 Å². The van der Waals surface area contributed by atoms with Gasteiger partial charge in [0.1, 0.15) is 0 Å². The molecule has 0 fully saturated rings. The van der Waals surface area contributed by atoms with Crippen molar-refractivity contribution in [1.29, 1.82) is 0 Å². The van der Waals surface area contributed by atoms with Crippen LogP contribution in [0.15, 0.2) is 0 Å². The fraction of sp³-hybridized carbons (Fsp3) is 0.944. The second-order valence-electron chi connectivity index (χ2n) is 5.88. The van der Waals surface area contributed by atoms with Crippen molar-refractivity contribution in [3.8, 4) is 0 Å². The zero-order chi connectivity index (χ0) is 16.7. The molecule has 1 unspecified atom stereocenters. The fourth-order valence-electron chi connectivity index (χ4n) is 2.58. The molecule has 0 bridgehead atoms. The molecule has 4 heteroatoms. The second-order valence-corrected chi connectivity index (χ2v) is 5.88. The Morgan fingerprint density at radius 3 is 1.73 bits per heavy atom. The van der Waals surface area contributed by atoms with Gasteiger partial charge in [0.25, 0.3) is 5.79 Å². The summed E-state index contributed by atoms with van der Waals surface area (Å²) in [5.41, 5.74) is 0. The molecular weight excluding hydrogens is 280 g/mol. The molecule has 132 valence electrons. The molecule has 0 aliphatic carbocycles. The van der Waals surface area contributed by atoms with E-state index in [2.05, 4.69) is 6.92 Å². The van der Waals surface area contributed by atoms with E-state index in [9.17, 15) is 9.90 Å². The van der Waals surface area contributed by atoms with Gasteiger partial charge in [0.15, 0.2) is 0 Å². The third kappa shape index (κ3) is 9.42. The summed E-state index contributed by atoms with van der Waals surface area (Å²) in [6, 6.07) is 0. The van der Waals surface area contributed by atoms with Crippen LogP contribution in [0.1, 0.15) is 91.4 Å². The van der Waals surface area contributed by atoms with Crippen LogP contribution in [0, 0.1) is 0 Å². The molecule has 0 aliphatic heterocycles. The van der Waals surface area contributed by atoms with E-state index in [0.717, 1.165) is 12.8 Å². The summed E-state index contributed by atoms with van der Waals surface area (Å²) in [5.74, 6) is -2.47. The molecule has 0 rings (SSSR count). The summed E-state index contributed by atoms with van der Waals surface area (Å²) in [7, 11) is 0. The molecule has 0 aliphatic rings. The number of aliphatic carboxylic acids is 1. The van der Waals surface area contributed by atoms with E-state index in [1.165, 1.54) is 51.4 Å². The molecule has 0 radical (unpaired) electrons. The number of ether oxygens (including phenoxy) is 2. The minimum Gasteiger partial charge on any atom is -0.477 e. The molecular formula is C18H36O4. The van der Waals surface area contributed by atoms with Crippen LogP contribution >= 0.6 is 0 Å². The van der Waals surface area contributed by atoms with Gasteiger partial charge < -0.3 is 14.6 Å². The van der Waals surface area contributed by atoms with Crippen LogP contribution < -0.4 is 0 Å². The lowest BCUT2D eigenvalue weighted by atomic mass is 10.1. The van der Waals surface area contributed by atoms with E-state index in [1.807, 2.05) is 0 Å². The topological polar surface area (TPSA) is 55.8 Å². The number of hydrogen-bond acceptors (Lipinski definition) is 3. The highest BCUT2D eigenvalue weighted by Crippen LogP contribution is 2.19. The van der Waals surface area contributed by atoms with Crippen molar-refractivity contribution in [3.05, 3.63) is 0 Å². The van der Waals surface area contributed by atoms with Crippen molar-refractivity contribution in [2.24, 2.45) is 0 Å². The molecule has 22 heavy (non-hydrogen) atoms. The Morgan fingerprint density at radius 2 is 1.32 bits per heavy atom. The summed E-state index contributed by atoms with van der Waals surface area (Å²) in [5, 5.41) is 9.27. The van der Waals surface area contributed by atoms with Gasteiger partial charge in [-0.3, -0.25) is 0 Å². The van der Waals surface area contributed by atoms with Gasteiger partial charge in [-0.05, 0) is 13.3 Å². The number of unbranched alkanes of at least 4 members (excludes halogenated alkanes) is 9. The molecule has 1 N–H and O–H groups in total.